The third-order valence-corrected chi connectivity index (χ3v) is 6.98. The van der Waals surface area contributed by atoms with Crippen LogP contribution in [0.3, 0.4) is 0 Å². The van der Waals surface area contributed by atoms with Crippen LogP contribution in [0.2, 0.25) is 0 Å². The zero-order valence-electron chi connectivity index (χ0n) is 19.9. The summed E-state index contributed by atoms with van der Waals surface area (Å²) in [5.41, 5.74) is 5.85. The smallest absolute Gasteiger partial charge is 0.150 e. The second-order valence-corrected chi connectivity index (χ2v) is 9.43. The van der Waals surface area contributed by atoms with Crippen LogP contribution >= 0.6 is 0 Å². The molecular weight excluding hydrogens is 438 g/mol. The number of hydrogen-bond acceptors (Lipinski definition) is 5. The molecule has 5 nitrogen and oxygen atoms in total. The standard InChI is InChI=1S/C30H31NO4/c1-20-27-17-26(34)11-12-28(27)35-30(29(20)24-5-2-6-25(33)16-24)23-9-7-21(8-10-23)4-3-14-31-15-13-22(18-31)19-32/h2-12,16-17,22,30,32-34H,13-15,18-19H2,1H3/b4-3+/t22-,30?/m1/s1. The lowest BCUT2D eigenvalue weighted by atomic mass is 9.86. The summed E-state index contributed by atoms with van der Waals surface area (Å²) in [4.78, 5) is 2.37. The van der Waals surface area contributed by atoms with Gasteiger partial charge in [0.2, 0.25) is 0 Å². The number of ether oxygens (including phenoxy) is 1. The summed E-state index contributed by atoms with van der Waals surface area (Å²) in [7, 11) is 0. The predicted octanol–water partition coefficient (Wildman–Crippen LogP) is 5.49. The van der Waals surface area contributed by atoms with Gasteiger partial charge >= 0.3 is 0 Å². The number of aliphatic hydroxyl groups is 1. The van der Waals surface area contributed by atoms with E-state index in [1.54, 1.807) is 30.3 Å². The molecule has 2 heterocycles. The van der Waals surface area contributed by atoms with Gasteiger partial charge in [0, 0.05) is 30.8 Å². The van der Waals surface area contributed by atoms with Crippen molar-refractivity contribution in [3.8, 4) is 17.2 Å². The van der Waals surface area contributed by atoms with Crippen LogP contribution in [0, 0.1) is 5.92 Å². The summed E-state index contributed by atoms with van der Waals surface area (Å²) in [6, 6.07) is 20.7. The molecule has 0 bridgehead atoms. The Balaban J connectivity index is 1.41. The lowest BCUT2D eigenvalue weighted by Gasteiger charge is -2.31. The molecular formula is C30H31NO4. The Morgan fingerprint density at radius 2 is 1.80 bits per heavy atom. The van der Waals surface area contributed by atoms with E-state index in [2.05, 4.69) is 41.3 Å². The van der Waals surface area contributed by atoms with Gasteiger partial charge in [0.05, 0.1) is 0 Å². The summed E-state index contributed by atoms with van der Waals surface area (Å²) in [5, 5.41) is 29.5. The van der Waals surface area contributed by atoms with E-state index in [0.717, 1.165) is 65.2 Å². The van der Waals surface area contributed by atoms with Crippen LogP contribution in [-0.4, -0.2) is 46.5 Å². The topological polar surface area (TPSA) is 73.2 Å². The third-order valence-electron chi connectivity index (χ3n) is 6.98. The van der Waals surface area contributed by atoms with Gasteiger partial charge in [0.1, 0.15) is 23.4 Å². The maximum Gasteiger partial charge on any atom is 0.150 e. The molecule has 1 saturated heterocycles. The fourth-order valence-electron chi connectivity index (χ4n) is 5.06. The Morgan fingerprint density at radius 3 is 2.54 bits per heavy atom. The molecule has 35 heavy (non-hydrogen) atoms. The van der Waals surface area contributed by atoms with Crippen molar-refractivity contribution in [1.29, 1.82) is 0 Å². The molecule has 1 unspecified atom stereocenters. The first-order chi connectivity index (χ1) is 17.0. The fraction of sp³-hybridized carbons (Fsp3) is 0.267. The van der Waals surface area contributed by atoms with Crippen molar-refractivity contribution in [2.75, 3.05) is 26.2 Å². The molecule has 2 aliphatic rings. The van der Waals surface area contributed by atoms with Gasteiger partial charge < -0.3 is 20.1 Å². The van der Waals surface area contributed by atoms with Crippen molar-refractivity contribution >= 4 is 17.2 Å². The number of allylic oxidation sites excluding steroid dienone is 1. The average molecular weight is 470 g/mol. The zero-order valence-corrected chi connectivity index (χ0v) is 19.9. The number of rotatable bonds is 6. The number of phenols is 2. The first-order valence-electron chi connectivity index (χ1n) is 12.1. The van der Waals surface area contributed by atoms with Gasteiger partial charge in [0.25, 0.3) is 0 Å². The number of nitrogens with zero attached hydrogens (tertiary/aromatic N) is 1. The van der Waals surface area contributed by atoms with Crippen molar-refractivity contribution in [2.24, 2.45) is 5.92 Å². The van der Waals surface area contributed by atoms with Crippen molar-refractivity contribution in [3.05, 3.63) is 95.1 Å². The second-order valence-electron chi connectivity index (χ2n) is 9.43. The minimum atomic E-state index is -0.341. The van der Waals surface area contributed by atoms with E-state index in [0.29, 0.717) is 5.92 Å². The van der Waals surface area contributed by atoms with E-state index >= 15 is 0 Å². The summed E-state index contributed by atoms with van der Waals surface area (Å²) in [6.07, 6.45) is 5.04. The van der Waals surface area contributed by atoms with Gasteiger partial charge in [-0.05, 0) is 78.4 Å². The highest BCUT2D eigenvalue weighted by Gasteiger charge is 2.29. The predicted molar refractivity (Wildman–Crippen MR) is 139 cm³/mol. The van der Waals surface area contributed by atoms with Crippen molar-refractivity contribution in [1.82, 2.24) is 4.90 Å². The molecule has 0 spiro atoms. The third kappa shape index (κ3) is 4.97. The second kappa shape index (κ2) is 9.98. The molecule has 3 aromatic rings. The van der Waals surface area contributed by atoms with Gasteiger partial charge in [0.15, 0.2) is 0 Å². The number of aliphatic hydroxyl groups excluding tert-OH is 1. The van der Waals surface area contributed by atoms with Gasteiger partial charge in [-0.3, -0.25) is 4.90 Å². The molecule has 5 heteroatoms. The van der Waals surface area contributed by atoms with Crippen LogP contribution in [-0.2, 0) is 0 Å². The van der Waals surface area contributed by atoms with E-state index in [4.69, 9.17) is 4.74 Å². The van der Waals surface area contributed by atoms with Crippen LogP contribution in [0.1, 0.15) is 41.7 Å². The van der Waals surface area contributed by atoms with Gasteiger partial charge in [-0.15, -0.1) is 0 Å². The highest BCUT2D eigenvalue weighted by molar-refractivity contribution is 5.95. The van der Waals surface area contributed by atoms with Gasteiger partial charge in [-0.25, -0.2) is 0 Å². The maximum atomic E-state index is 10.1. The molecule has 2 atom stereocenters. The molecule has 0 radical (unpaired) electrons. The molecule has 0 aliphatic carbocycles. The lowest BCUT2D eigenvalue weighted by molar-refractivity contribution is 0.225. The number of fused-ring (bicyclic) bond motifs is 1. The fourth-order valence-corrected chi connectivity index (χ4v) is 5.06. The average Bonchev–Trinajstić information content (AvgIpc) is 3.33. The first-order valence-corrected chi connectivity index (χ1v) is 12.1. The number of phenolic OH excluding ortho intramolecular Hbond substituents is 2. The molecule has 3 N–H and O–H groups in total. The van der Waals surface area contributed by atoms with Gasteiger partial charge in [-0.2, -0.15) is 0 Å². The molecule has 0 amide bonds. The molecule has 180 valence electrons. The molecule has 5 rings (SSSR count). The van der Waals surface area contributed by atoms with Crippen LogP contribution in [0.4, 0.5) is 0 Å². The Labute approximate surface area is 206 Å². The SMILES string of the molecule is CC1=C(c2cccc(O)c2)C(c2ccc(/C=C/CN3CC[C@@H](CO)C3)cc2)Oc2ccc(O)cc21. The number of benzene rings is 3. The van der Waals surface area contributed by atoms with Crippen molar-refractivity contribution < 1.29 is 20.1 Å². The molecule has 1 fully saturated rings. The quantitative estimate of drug-likeness (QED) is 0.445. The number of likely N-dealkylation sites (tertiary alicyclic amines) is 1. The van der Waals surface area contributed by atoms with Crippen molar-refractivity contribution in [3.63, 3.8) is 0 Å². The minimum absolute atomic E-state index is 0.192. The van der Waals surface area contributed by atoms with E-state index in [1.165, 1.54) is 0 Å². The van der Waals surface area contributed by atoms with Crippen LogP contribution < -0.4 is 4.74 Å². The molecule has 0 saturated carbocycles. The highest BCUT2D eigenvalue weighted by Crippen LogP contribution is 2.47. The normalized spacial score (nSPS) is 20.3. The van der Waals surface area contributed by atoms with Crippen molar-refractivity contribution in [2.45, 2.75) is 19.4 Å². The molecule has 2 aliphatic heterocycles. The Kier molecular flexibility index (Phi) is 6.62. The Hall–Kier alpha value is -3.54. The highest BCUT2D eigenvalue weighted by atomic mass is 16.5. The largest absolute Gasteiger partial charge is 0.508 e. The summed E-state index contributed by atoms with van der Waals surface area (Å²) >= 11 is 0. The van der Waals surface area contributed by atoms with Crippen LogP contribution in [0.5, 0.6) is 17.2 Å². The minimum Gasteiger partial charge on any atom is -0.508 e. The zero-order chi connectivity index (χ0) is 24.4. The number of hydrogen-bond donors (Lipinski definition) is 3. The molecule has 0 aromatic heterocycles. The number of aromatic hydroxyl groups is 2. The summed E-state index contributed by atoms with van der Waals surface area (Å²) < 4.78 is 6.46. The van der Waals surface area contributed by atoms with E-state index in [-0.39, 0.29) is 24.2 Å². The van der Waals surface area contributed by atoms with E-state index < -0.39 is 0 Å². The van der Waals surface area contributed by atoms with Crippen LogP contribution in [0.25, 0.3) is 17.2 Å². The van der Waals surface area contributed by atoms with E-state index in [9.17, 15) is 15.3 Å². The van der Waals surface area contributed by atoms with Crippen LogP contribution in [0.15, 0.2) is 72.8 Å². The monoisotopic (exact) mass is 469 g/mol. The summed E-state index contributed by atoms with van der Waals surface area (Å²) in [5.74, 6) is 1.53. The first kappa shape index (κ1) is 23.2. The Bertz CT molecular complexity index is 1260. The lowest BCUT2D eigenvalue weighted by Crippen LogP contribution is -2.21. The molecule has 3 aromatic carbocycles. The van der Waals surface area contributed by atoms with E-state index in [1.807, 2.05) is 19.1 Å². The van der Waals surface area contributed by atoms with Gasteiger partial charge in [-0.1, -0.05) is 48.6 Å². The Morgan fingerprint density at radius 1 is 1.00 bits per heavy atom. The maximum absolute atomic E-state index is 10.1. The summed E-state index contributed by atoms with van der Waals surface area (Å²) in [6.45, 7) is 5.19.